The Labute approximate surface area is 163 Å². The minimum absolute atomic E-state index is 0.0852. The van der Waals surface area contributed by atoms with Gasteiger partial charge >= 0.3 is 0 Å². The van der Waals surface area contributed by atoms with Gasteiger partial charge < -0.3 is 9.30 Å². The van der Waals surface area contributed by atoms with Gasteiger partial charge in [-0.15, -0.1) is 0 Å². The number of methoxy groups -OCH3 is 1. The van der Waals surface area contributed by atoms with Gasteiger partial charge in [0.05, 0.1) is 42.6 Å². The molecule has 0 saturated heterocycles. The molecule has 4 aromatic rings. The lowest BCUT2D eigenvalue weighted by Gasteiger charge is -2.18. The molecule has 4 rings (SSSR count). The molecular formula is C22H21FN4O. The molecule has 0 radical (unpaired) electrons. The molecule has 0 fully saturated rings. The Morgan fingerprint density at radius 2 is 1.86 bits per heavy atom. The summed E-state index contributed by atoms with van der Waals surface area (Å²) in [5.41, 5.74) is 3.71. The standard InChI is InChI=1S/C22H21FN4O/c1-15(17-12-25-26(2)13-17)27-14-24-21(16-8-5-4-6-9-16)22(27)20-18(23)10-7-11-19(20)28-3/h4-15H,1-3H3/t15-/m1/s1. The zero-order valence-corrected chi connectivity index (χ0v) is 16.0. The van der Waals surface area contributed by atoms with Crippen LogP contribution in [0.2, 0.25) is 0 Å². The first-order valence-corrected chi connectivity index (χ1v) is 9.03. The lowest BCUT2D eigenvalue weighted by molar-refractivity contribution is 0.413. The molecule has 0 spiro atoms. The zero-order chi connectivity index (χ0) is 19.7. The van der Waals surface area contributed by atoms with E-state index in [1.165, 1.54) is 6.07 Å². The average Bonchev–Trinajstić information content (AvgIpc) is 3.34. The van der Waals surface area contributed by atoms with Gasteiger partial charge in [0.15, 0.2) is 0 Å². The molecule has 6 heteroatoms. The van der Waals surface area contributed by atoms with Gasteiger partial charge in [-0.2, -0.15) is 5.10 Å². The molecule has 0 aliphatic heterocycles. The minimum Gasteiger partial charge on any atom is -0.496 e. The first-order chi connectivity index (χ1) is 13.6. The number of nitrogens with zero attached hydrogens (tertiary/aromatic N) is 4. The van der Waals surface area contributed by atoms with Gasteiger partial charge in [0.1, 0.15) is 11.6 Å². The van der Waals surface area contributed by atoms with E-state index in [0.717, 1.165) is 11.1 Å². The fraction of sp³-hybridized carbons (Fsp3) is 0.182. The van der Waals surface area contributed by atoms with Crippen LogP contribution in [0.4, 0.5) is 4.39 Å². The Hall–Kier alpha value is -3.41. The van der Waals surface area contributed by atoms with Crippen LogP contribution >= 0.6 is 0 Å². The Balaban J connectivity index is 1.98. The van der Waals surface area contributed by atoms with Crippen LogP contribution in [0.1, 0.15) is 18.5 Å². The normalized spacial score (nSPS) is 12.1. The van der Waals surface area contributed by atoms with Crippen molar-refractivity contribution in [1.29, 1.82) is 0 Å². The molecule has 0 amide bonds. The molecule has 0 N–H and O–H groups in total. The largest absolute Gasteiger partial charge is 0.496 e. The van der Waals surface area contributed by atoms with Crippen molar-refractivity contribution in [3.8, 4) is 28.3 Å². The van der Waals surface area contributed by atoms with E-state index in [4.69, 9.17) is 4.74 Å². The van der Waals surface area contributed by atoms with E-state index >= 15 is 4.39 Å². The summed E-state index contributed by atoms with van der Waals surface area (Å²) in [6.07, 6.45) is 5.52. The zero-order valence-electron chi connectivity index (χ0n) is 16.0. The molecule has 142 valence electrons. The third-order valence-corrected chi connectivity index (χ3v) is 4.90. The van der Waals surface area contributed by atoms with Crippen LogP contribution in [-0.4, -0.2) is 26.4 Å². The first-order valence-electron chi connectivity index (χ1n) is 9.03. The smallest absolute Gasteiger partial charge is 0.136 e. The van der Waals surface area contributed by atoms with Gasteiger partial charge in [-0.25, -0.2) is 9.37 Å². The van der Waals surface area contributed by atoms with Gasteiger partial charge in [0.25, 0.3) is 0 Å². The van der Waals surface area contributed by atoms with E-state index in [1.54, 1.807) is 30.3 Å². The third-order valence-electron chi connectivity index (χ3n) is 4.90. The molecule has 2 aromatic carbocycles. The molecule has 2 heterocycles. The number of hydrogen-bond acceptors (Lipinski definition) is 3. The maximum atomic E-state index is 15.0. The van der Waals surface area contributed by atoms with E-state index in [9.17, 15) is 0 Å². The second-order valence-electron chi connectivity index (χ2n) is 6.66. The maximum absolute atomic E-state index is 15.0. The predicted octanol–water partition coefficient (Wildman–Crippen LogP) is 4.71. The van der Waals surface area contributed by atoms with Gasteiger partial charge in [-0.05, 0) is 19.1 Å². The van der Waals surface area contributed by atoms with Gasteiger partial charge in [0, 0.05) is 24.4 Å². The van der Waals surface area contributed by atoms with Gasteiger partial charge in [-0.1, -0.05) is 36.4 Å². The van der Waals surface area contributed by atoms with Crippen molar-refractivity contribution < 1.29 is 9.13 Å². The summed E-state index contributed by atoms with van der Waals surface area (Å²) in [4.78, 5) is 4.65. The van der Waals surface area contributed by atoms with E-state index in [2.05, 4.69) is 10.1 Å². The number of aryl methyl sites for hydroxylation is 1. The topological polar surface area (TPSA) is 44.9 Å². The summed E-state index contributed by atoms with van der Waals surface area (Å²) in [5, 5.41) is 4.27. The lowest BCUT2D eigenvalue weighted by atomic mass is 10.0. The van der Waals surface area contributed by atoms with Crippen molar-refractivity contribution >= 4 is 0 Å². The maximum Gasteiger partial charge on any atom is 0.136 e. The van der Waals surface area contributed by atoms with Crippen molar-refractivity contribution in [2.45, 2.75) is 13.0 Å². The predicted molar refractivity (Wildman–Crippen MR) is 107 cm³/mol. The van der Waals surface area contributed by atoms with Crippen molar-refractivity contribution in [1.82, 2.24) is 19.3 Å². The van der Waals surface area contributed by atoms with Gasteiger partial charge in [0.2, 0.25) is 0 Å². The second kappa shape index (κ2) is 7.31. The molecule has 28 heavy (non-hydrogen) atoms. The number of halogens is 1. The van der Waals surface area contributed by atoms with Crippen LogP contribution in [0.3, 0.4) is 0 Å². The highest BCUT2D eigenvalue weighted by molar-refractivity contribution is 5.82. The van der Waals surface area contributed by atoms with Crippen LogP contribution in [0.25, 0.3) is 22.5 Å². The van der Waals surface area contributed by atoms with Crippen LogP contribution in [0, 0.1) is 5.82 Å². The molecule has 5 nitrogen and oxygen atoms in total. The summed E-state index contributed by atoms with van der Waals surface area (Å²) in [5.74, 6) is 0.119. The summed E-state index contributed by atoms with van der Waals surface area (Å²) in [6, 6.07) is 14.5. The highest BCUT2D eigenvalue weighted by Crippen LogP contribution is 2.40. The number of aromatic nitrogens is 4. The summed E-state index contributed by atoms with van der Waals surface area (Å²) in [6.45, 7) is 2.05. The molecule has 2 aromatic heterocycles. The summed E-state index contributed by atoms with van der Waals surface area (Å²) >= 11 is 0. The first kappa shape index (κ1) is 18.0. The second-order valence-corrected chi connectivity index (χ2v) is 6.66. The molecule has 0 unspecified atom stereocenters. The Morgan fingerprint density at radius 1 is 1.07 bits per heavy atom. The Morgan fingerprint density at radius 3 is 2.54 bits per heavy atom. The minimum atomic E-state index is -0.350. The van der Waals surface area contributed by atoms with Crippen LogP contribution in [0.15, 0.2) is 67.3 Å². The van der Waals surface area contributed by atoms with E-state index in [1.807, 2.05) is 61.3 Å². The van der Waals surface area contributed by atoms with Crippen LogP contribution in [0.5, 0.6) is 5.75 Å². The van der Waals surface area contributed by atoms with Crippen LogP contribution in [-0.2, 0) is 7.05 Å². The summed E-state index contributed by atoms with van der Waals surface area (Å²) < 4.78 is 24.2. The fourth-order valence-corrected chi connectivity index (χ4v) is 3.43. The number of benzene rings is 2. The lowest BCUT2D eigenvalue weighted by Crippen LogP contribution is -2.08. The molecule has 0 aliphatic carbocycles. The van der Waals surface area contributed by atoms with Gasteiger partial charge in [-0.3, -0.25) is 4.68 Å². The average molecular weight is 376 g/mol. The van der Waals surface area contributed by atoms with Crippen molar-refractivity contribution in [3.05, 3.63) is 78.6 Å². The van der Waals surface area contributed by atoms with Crippen LogP contribution < -0.4 is 4.74 Å². The van der Waals surface area contributed by atoms with Crippen molar-refractivity contribution in [3.63, 3.8) is 0 Å². The fourth-order valence-electron chi connectivity index (χ4n) is 3.43. The van der Waals surface area contributed by atoms with Crippen molar-refractivity contribution in [2.24, 2.45) is 7.05 Å². The molecular weight excluding hydrogens is 355 g/mol. The number of hydrogen-bond donors (Lipinski definition) is 0. The highest BCUT2D eigenvalue weighted by Gasteiger charge is 2.24. The van der Waals surface area contributed by atoms with E-state index in [0.29, 0.717) is 22.7 Å². The quantitative estimate of drug-likeness (QED) is 0.507. The van der Waals surface area contributed by atoms with Crippen molar-refractivity contribution in [2.75, 3.05) is 7.11 Å². The molecule has 1 atom stereocenters. The number of rotatable bonds is 5. The number of ether oxygens (including phenoxy) is 1. The van der Waals surface area contributed by atoms with E-state index < -0.39 is 0 Å². The third kappa shape index (κ3) is 3.07. The monoisotopic (exact) mass is 376 g/mol. The molecule has 0 bridgehead atoms. The Bertz CT molecular complexity index is 1100. The SMILES string of the molecule is COc1cccc(F)c1-c1c(-c2ccccc2)ncn1[C@H](C)c1cnn(C)c1. The highest BCUT2D eigenvalue weighted by atomic mass is 19.1. The Kier molecular flexibility index (Phi) is 4.69. The molecule has 0 saturated carbocycles. The molecule has 0 aliphatic rings. The van der Waals surface area contributed by atoms with E-state index in [-0.39, 0.29) is 11.9 Å². The summed E-state index contributed by atoms with van der Waals surface area (Å²) in [7, 11) is 3.42. The number of imidazole rings is 1.